The van der Waals surface area contributed by atoms with E-state index in [9.17, 15) is 9.59 Å². The third kappa shape index (κ3) is 2.62. The van der Waals surface area contributed by atoms with Crippen LogP contribution in [0.3, 0.4) is 0 Å². The van der Waals surface area contributed by atoms with Crippen LogP contribution in [0.4, 0.5) is 4.79 Å². The van der Waals surface area contributed by atoms with Gasteiger partial charge in [0, 0.05) is 11.4 Å². The van der Waals surface area contributed by atoms with E-state index in [2.05, 4.69) is 6.58 Å². The summed E-state index contributed by atoms with van der Waals surface area (Å²) in [6, 6.07) is 3.57. The van der Waals surface area contributed by atoms with Gasteiger partial charge in [-0.15, -0.1) is 17.9 Å². The SMILES string of the molecule is C=CCN1C(=O)SC(=Cc2ccc(Cl)s2)C1=O. The highest BCUT2D eigenvalue weighted by atomic mass is 35.5. The molecule has 88 valence electrons. The number of carbonyl (C=O) groups excluding carboxylic acids is 2. The van der Waals surface area contributed by atoms with Crippen molar-refractivity contribution in [2.45, 2.75) is 0 Å². The molecule has 2 amide bonds. The Hall–Kier alpha value is -1.04. The number of rotatable bonds is 3. The molecule has 3 nitrogen and oxygen atoms in total. The number of thioether (sulfide) groups is 1. The molecular weight excluding hydrogens is 278 g/mol. The maximum Gasteiger partial charge on any atom is 0.293 e. The molecular formula is C11H8ClNO2S2. The molecule has 6 heteroatoms. The van der Waals surface area contributed by atoms with E-state index in [-0.39, 0.29) is 17.7 Å². The maximum atomic E-state index is 11.9. The first-order valence-electron chi connectivity index (χ1n) is 4.73. The van der Waals surface area contributed by atoms with E-state index in [1.807, 2.05) is 6.07 Å². The number of hydrogen-bond donors (Lipinski definition) is 0. The Kier molecular flexibility index (Phi) is 3.71. The third-order valence-corrected chi connectivity index (χ3v) is 4.14. The van der Waals surface area contributed by atoms with Gasteiger partial charge in [0.25, 0.3) is 11.1 Å². The Bertz CT molecular complexity index is 521. The molecule has 0 bridgehead atoms. The lowest BCUT2D eigenvalue weighted by Crippen LogP contribution is -2.27. The van der Waals surface area contributed by atoms with Crippen LogP contribution in [0.25, 0.3) is 6.08 Å². The topological polar surface area (TPSA) is 37.4 Å². The highest BCUT2D eigenvalue weighted by Crippen LogP contribution is 2.33. The molecule has 0 saturated carbocycles. The monoisotopic (exact) mass is 285 g/mol. The molecule has 1 aliphatic rings. The van der Waals surface area contributed by atoms with Crippen LogP contribution < -0.4 is 0 Å². The minimum absolute atomic E-state index is 0.243. The molecule has 0 spiro atoms. The Balaban J connectivity index is 2.24. The number of hydrogen-bond acceptors (Lipinski definition) is 4. The molecule has 0 radical (unpaired) electrons. The molecule has 0 N–H and O–H groups in total. The normalized spacial score (nSPS) is 18.2. The first-order valence-corrected chi connectivity index (χ1v) is 6.74. The van der Waals surface area contributed by atoms with Crippen molar-refractivity contribution in [1.82, 2.24) is 4.90 Å². The summed E-state index contributed by atoms with van der Waals surface area (Å²) >= 11 is 8.10. The standard InChI is InChI=1S/C11H8ClNO2S2/c1-2-5-13-10(14)8(17-11(13)15)6-7-3-4-9(12)16-7/h2-4,6H,1,5H2. The zero-order chi connectivity index (χ0) is 12.4. The summed E-state index contributed by atoms with van der Waals surface area (Å²) in [5.74, 6) is -0.274. The first-order chi connectivity index (χ1) is 8.11. The van der Waals surface area contributed by atoms with E-state index in [4.69, 9.17) is 11.6 Å². The summed E-state index contributed by atoms with van der Waals surface area (Å²) in [5, 5.41) is -0.260. The highest BCUT2D eigenvalue weighted by molar-refractivity contribution is 8.18. The summed E-state index contributed by atoms with van der Waals surface area (Å²) in [5.41, 5.74) is 0. The van der Waals surface area contributed by atoms with Gasteiger partial charge in [0.1, 0.15) is 0 Å². The predicted octanol–water partition coefficient (Wildman–Crippen LogP) is 3.62. The molecule has 0 aromatic carbocycles. The summed E-state index contributed by atoms with van der Waals surface area (Å²) in [7, 11) is 0. The average Bonchev–Trinajstić information content (AvgIpc) is 2.79. The Morgan fingerprint density at radius 1 is 1.41 bits per heavy atom. The van der Waals surface area contributed by atoms with Crippen molar-refractivity contribution < 1.29 is 9.59 Å². The zero-order valence-corrected chi connectivity index (χ0v) is 11.1. The lowest BCUT2D eigenvalue weighted by atomic mass is 10.3. The van der Waals surface area contributed by atoms with Gasteiger partial charge in [-0.05, 0) is 30.0 Å². The fourth-order valence-corrected chi connectivity index (χ4v) is 3.24. The minimum atomic E-state index is -0.274. The van der Waals surface area contributed by atoms with Crippen molar-refractivity contribution in [3.05, 3.63) is 38.9 Å². The number of halogens is 1. The van der Waals surface area contributed by atoms with Crippen molar-refractivity contribution in [2.75, 3.05) is 6.54 Å². The molecule has 1 aromatic heterocycles. The van der Waals surface area contributed by atoms with Crippen LogP contribution in [0.2, 0.25) is 4.34 Å². The van der Waals surface area contributed by atoms with Crippen LogP contribution in [0.5, 0.6) is 0 Å². The van der Waals surface area contributed by atoms with E-state index in [1.165, 1.54) is 22.3 Å². The van der Waals surface area contributed by atoms with Gasteiger partial charge < -0.3 is 0 Å². The van der Waals surface area contributed by atoms with Crippen LogP contribution in [0.15, 0.2) is 29.7 Å². The summed E-state index contributed by atoms with van der Waals surface area (Å²) < 4.78 is 0.654. The second-order valence-electron chi connectivity index (χ2n) is 3.22. The quantitative estimate of drug-likeness (QED) is 0.629. The Morgan fingerprint density at radius 2 is 2.18 bits per heavy atom. The smallest absolute Gasteiger partial charge is 0.268 e. The molecule has 0 unspecified atom stereocenters. The van der Waals surface area contributed by atoms with Crippen LogP contribution in [-0.4, -0.2) is 22.6 Å². The highest BCUT2D eigenvalue weighted by Gasteiger charge is 2.34. The van der Waals surface area contributed by atoms with Gasteiger partial charge in [-0.25, -0.2) is 0 Å². The van der Waals surface area contributed by atoms with E-state index in [0.717, 1.165) is 16.6 Å². The van der Waals surface area contributed by atoms with Crippen molar-refractivity contribution in [2.24, 2.45) is 0 Å². The molecule has 1 aliphatic heterocycles. The Labute approximate surface area is 112 Å². The number of nitrogens with zero attached hydrogens (tertiary/aromatic N) is 1. The number of imide groups is 1. The fourth-order valence-electron chi connectivity index (χ4n) is 1.32. The fraction of sp³-hybridized carbons (Fsp3) is 0.0909. The van der Waals surface area contributed by atoms with E-state index >= 15 is 0 Å². The molecule has 0 atom stereocenters. The second kappa shape index (κ2) is 5.08. The summed E-state index contributed by atoms with van der Waals surface area (Å²) in [4.78, 5) is 25.8. The number of carbonyl (C=O) groups is 2. The lowest BCUT2D eigenvalue weighted by Gasteiger charge is -2.07. The number of amides is 2. The molecule has 0 aliphatic carbocycles. The van der Waals surface area contributed by atoms with Gasteiger partial charge in [0.15, 0.2) is 0 Å². The van der Waals surface area contributed by atoms with E-state index in [1.54, 1.807) is 12.1 Å². The lowest BCUT2D eigenvalue weighted by molar-refractivity contribution is -0.122. The van der Waals surface area contributed by atoms with E-state index in [0.29, 0.717) is 9.24 Å². The molecule has 2 rings (SSSR count). The molecule has 17 heavy (non-hydrogen) atoms. The molecule has 1 saturated heterocycles. The van der Waals surface area contributed by atoms with E-state index < -0.39 is 0 Å². The van der Waals surface area contributed by atoms with Gasteiger partial charge in [-0.1, -0.05) is 17.7 Å². The number of thiophene rings is 1. The molecule has 1 aromatic rings. The third-order valence-electron chi connectivity index (χ3n) is 2.05. The van der Waals surface area contributed by atoms with Crippen molar-refractivity contribution in [3.63, 3.8) is 0 Å². The largest absolute Gasteiger partial charge is 0.293 e. The van der Waals surface area contributed by atoms with Gasteiger partial charge in [0.05, 0.1) is 9.24 Å². The van der Waals surface area contributed by atoms with Gasteiger partial charge in [0.2, 0.25) is 0 Å². The summed E-state index contributed by atoms with van der Waals surface area (Å²) in [6.45, 7) is 3.76. The van der Waals surface area contributed by atoms with Gasteiger partial charge in [-0.3, -0.25) is 14.5 Å². The van der Waals surface area contributed by atoms with Crippen molar-refractivity contribution in [1.29, 1.82) is 0 Å². The van der Waals surface area contributed by atoms with Crippen molar-refractivity contribution >= 4 is 51.9 Å². The van der Waals surface area contributed by atoms with Crippen LogP contribution in [-0.2, 0) is 4.79 Å². The van der Waals surface area contributed by atoms with Crippen molar-refractivity contribution in [3.8, 4) is 0 Å². The van der Waals surface area contributed by atoms with Crippen LogP contribution in [0, 0.1) is 0 Å². The predicted molar refractivity (Wildman–Crippen MR) is 72.2 cm³/mol. The Morgan fingerprint density at radius 3 is 2.76 bits per heavy atom. The zero-order valence-electron chi connectivity index (χ0n) is 8.68. The maximum absolute atomic E-state index is 11.9. The second-order valence-corrected chi connectivity index (χ2v) is 5.96. The van der Waals surface area contributed by atoms with Crippen LogP contribution >= 0.6 is 34.7 Å². The average molecular weight is 286 g/mol. The minimum Gasteiger partial charge on any atom is -0.268 e. The van der Waals surface area contributed by atoms with Crippen LogP contribution in [0.1, 0.15) is 4.88 Å². The molecule has 2 heterocycles. The van der Waals surface area contributed by atoms with Gasteiger partial charge in [-0.2, -0.15) is 0 Å². The first kappa shape index (κ1) is 12.4. The summed E-state index contributed by atoms with van der Waals surface area (Å²) in [6.07, 6.45) is 3.21. The molecule has 1 fully saturated rings. The van der Waals surface area contributed by atoms with Gasteiger partial charge >= 0.3 is 0 Å².